The normalized spacial score (nSPS) is 22.8. The molecule has 0 aliphatic carbocycles. The first kappa shape index (κ1) is 44.9. The van der Waals surface area contributed by atoms with Crippen molar-refractivity contribution in [1.29, 1.82) is 0 Å². The van der Waals surface area contributed by atoms with Crippen molar-refractivity contribution in [3.05, 3.63) is 56.8 Å². The van der Waals surface area contributed by atoms with Crippen molar-refractivity contribution in [2.75, 3.05) is 49.2 Å². The maximum Gasteiger partial charge on any atom is 0.202 e. The molecule has 2 spiro atoms. The van der Waals surface area contributed by atoms with E-state index >= 15 is 0 Å². The van der Waals surface area contributed by atoms with Crippen molar-refractivity contribution >= 4 is 68.8 Å². The number of H-pyrrole nitrogens is 2. The molecule has 6 aromatic heterocycles. The number of rotatable bonds is 8. The summed E-state index contributed by atoms with van der Waals surface area (Å²) in [5.74, 6) is 1.54. The SMILES string of the molecule is CCCc1nccc(-c2[nH]nc3nc(N4CCC5(CC4)CO[C@@H](C)[C@H]5N)c(C)nc23)c1Cl.CCCc1nccc(-c2[nH]nc3nc(N4CCC5(CC4)CO[C@@H](C)[C@H]5N)c(Cl)nc23)c1Cl. The minimum absolute atomic E-state index is 0.0354. The third-order valence-electron chi connectivity index (χ3n) is 14.1. The van der Waals surface area contributed by atoms with E-state index in [9.17, 15) is 0 Å². The zero-order valence-corrected chi connectivity index (χ0v) is 39.4. The summed E-state index contributed by atoms with van der Waals surface area (Å²) in [6, 6.07) is 3.91. The van der Waals surface area contributed by atoms with E-state index in [4.69, 9.17) is 70.7 Å². The fourth-order valence-electron chi connectivity index (χ4n) is 10.0. The number of aryl methyl sites for hydroxylation is 3. The highest BCUT2D eigenvalue weighted by atomic mass is 35.5. The number of hydrogen-bond donors (Lipinski definition) is 4. The van der Waals surface area contributed by atoms with Gasteiger partial charge in [-0.1, -0.05) is 61.5 Å². The number of nitrogens with two attached hydrogens (primary N) is 2. The van der Waals surface area contributed by atoms with Gasteiger partial charge in [0.25, 0.3) is 0 Å². The van der Waals surface area contributed by atoms with Crippen LogP contribution in [-0.4, -0.2) is 114 Å². The van der Waals surface area contributed by atoms with Crippen molar-refractivity contribution in [3.63, 3.8) is 0 Å². The van der Waals surface area contributed by atoms with Crippen LogP contribution in [0.5, 0.6) is 0 Å². The van der Waals surface area contributed by atoms with Gasteiger partial charge in [0.05, 0.1) is 63.9 Å². The second kappa shape index (κ2) is 18.2. The lowest BCUT2D eigenvalue weighted by Crippen LogP contribution is -2.50. The Hall–Kier alpha value is -4.29. The number of fused-ring (bicyclic) bond motifs is 2. The van der Waals surface area contributed by atoms with Gasteiger partial charge < -0.3 is 30.7 Å². The van der Waals surface area contributed by atoms with Crippen LogP contribution in [0.25, 0.3) is 44.8 Å². The molecule has 19 heteroatoms. The Morgan fingerprint density at radius 1 is 0.672 bits per heavy atom. The zero-order chi connectivity index (χ0) is 44.9. The van der Waals surface area contributed by atoms with Crippen LogP contribution in [0.2, 0.25) is 15.2 Å². The van der Waals surface area contributed by atoms with Crippen molar-refractivity contribution in [1.82, 2.24) is 50.3 Å². The highest BCUT2D eigenvalue weighted by Gasteiger charge is 2.49. The number of hydrogen-bond acceptors (Lipinski definition) is 14. The summed E-state index contributed by atoms with van der Waals surface area (Å²) in [4.78, 5) is 32.5. The summed E-state index contributed by atoms with van der Waals surface area (Å²) in [7, 11) is 0. The van der Waals surface area contributed by atoms with Crippen LogP contribution < -0.4 is 21.3 Å². The van der Waals surface area contributed by atoms with Gasteiger partial charge in [0, 0.05) is 72.6 Å². The van der Waals surface area contributed by atoms with Gasteiger partial charge >= 0.3 is 0 Å². The van der Waals surface area contributed by atoms with E-state index in [2.05, 4.69) is 72.8 Å². The lowest BCUT2D eigenvalue weighted by atomic mass is 9.73. The molecule has 0 unspecified atom stereocenters. The molecule has 4 aliphatic rings. The molecule has 0 bridgehead atoms. The molecule has 6 N–H and O–H groups in total. The van der Waals surface area contributed by atoms with Crippen LogP contribution in [0.4, 0.5) is 11.6 Å². The highest BCUT2D eigenvalue weighted by Crippen LogP contribution is 2.44. The summed E-state index contributed by atoms with van der Waals surface area (Å²) in [6.07, 6.45) is 11.2. The summed E-state index contributed by atoms with van der Waals surface area (Å²) in [6.45, 7) is 15.2. The predicted molar refractivity (Wildman–Crippen MR) is 252 cm³/mol. The van der Waals surface area contributed by atoms with E-state index in [1.165, 1.54) is 0 Å². The van der Waals surface area contributed by atoms with Crippen LogP contribution in [0.3, 0.4) is 0 Å². The minimum atomic E-state index is 0.0354. The van der Waals surface area contributed by atoms with Crippen LogP contribution in [0.15, 0.2) is 24.5 Å². The van der Waals surface area contributed by atoms with Gasteiger partial charge in [0.1, 0.15) is 11.0 Å². The molecule has 0 saturated carbocycles. The fourth-order valence-corrected chi connectivity index (χ4v) is 10.9. The average molecular weight is 932 g/mol. The average Bonchev–Trinajstić information content (AvgIpc) is 4.04. The van der Waals surface area contributed by atoms with E-state index in [1.54, 1.807) is 12.4 Å². The Bertz CT molecular complexity index is 2460. The van der Waals surface area contributed by atoms with Crippen LogP contribution in [-0.2, 0) is 22.3 Å². The Morgan fingerprint density at radius 2 is 1.11 bits per heavy atom. The number of halogens is 3. The van der Waals surface area contributed by atoms with Gasteiger partial charge in [-0.3, -0.25) is 20.2 Å². The van der Waals surface area contributed by atoms with Gasteiger partial charge in [-0.2, -0.15) is 10.2 Å². The number of nitrogens with zero attached hydrogens (tertiary/aromatic N) is 10. The zero-order valence-electron chi connectivity index (χ0n) is 37.1. The quantitative estimate of drug-likeness (QED) is 0.115. The molecule has 0 aromatic carbocycles. The topological polar surface area (TPSA) is 212 Å². The van der Waals surface area contributed by atoms with E-state index in [0.717, 1.165) is 136 Å². The Morgan fingerprint density at radius 3 is 1.55 bits per heavy atom. The Labute approximate surface area is 388 Å². The summed E-state index contributed by atoms with van der Waals surface area (Å²) < 4.78 is 11.7. The first-order valence-electron chi connectivity index (χ1n) is 22.5. The number of aromatic amines is 2. The lowest BCUT2D eigenvalue weighted by Gasteiger charge is -2.41. The second-order valence-electron chi connectivity index (χ2n) is 18.0. The second-order valence-corrected chi connectivity index (χ2v) is 19.1. The molecular formula is C45H57Cl3N14O2. The van der Waals surface area contributed by atoms with E-state index in [1.807, 2.05) is 19.1 Å². The molecule has 16 nitrogen and oxygen atoms in total. The van der Waals surface area contributed by atoms with Crippen LogP contribution >= 0.6 is 34.8 Å². The molecule has 4 atom stereocenters. The molecule has 4 fully saturated rings. The van der Waals surface area contributed by atoms with Gasteiger partial charge in [0.2, 0.25) is 11.3 Å². The summed E-state index contributed by atoms with van der Waals surface area (Å²) in [5.41, 5.74) is 21.3. The predicted octanol–water partition coefficient (Wildman–Crippen LogP) is 7.67. The molecule has 10 heterocycles. The molecule has 6 aromatic rings. The third-order valence-corrected chi connectivity index (χ3v) is 15.2. The van der Waals surface area contributed by atoms with E-state index in [-0.39, 0.29) is 35.1 Å². The largest absolute Gasteiger partial charge is 0.376 e. The van der Waals surface area contributed by atoms with Gasteiger partial charge in [-0.15, -0.1) is 0 Å². The Kier molecular flexibility index (Phi) is 12.8. The number of anilines is 2. The molecular weight excluding hydrogens is 875 g/mol. The lowest BCUT2D eigenvalue weighted by molar-refractivity contribution is 0.0973. The molecule has 10 rings (SSSR count). The molecule has 0 radical (unpaired) electrons. The summed E-state index contributed by atoms with van der Waals surface area (Å²) >= 11 is 19.9. The molecule has 4 aliphatic heterocycles. The third kappa shape index (κ3) is 8.06. The number of aromatic nitrogens is 10. The van der Waals surface area contributed by atoms with Crippen molar-refractivity contribution in [2.45, 2.75) is 110 Å². The highest BCUT2D eigenvalue weighted by molar-refractivity contribution is 6.35. The van der Waals surface area contributed by atoms with Crippen molar-refractivity contribution < 1.29 is 9.47 Å². The number of ether oxygens (including phenoxy) is 2. The first-order valence-corrected chi connectivity index (χ1v) is 23.7. The van der Waals surface area contributed by atoms with Crippen molar-refractivity contribution in [3.8, 4) is 22.5 Å². The van der Waals surface area contributed by atoms with E-state index < -0.39 is 0 Å². The molecule has 0 amide bonds. The molecule has 64 heavy (non-hydrogen) atoms. The van der Waals surface area contributed by atoms with Gasteiger partial charge in [-0.25, -0.2) is 19.9 Å². The molecule has 340 valence electrons. The smallest absolute Gasteiger partial charge is 0.202 e. The van der Waals surface area contributed by atoms with Crippen molar-refractivity contribution in [2.24, 2.45) is 22.3 Å². The maximum absolute atomic E-state index is 6.67. The molecule has 4 saturated heterocycles. The number of piperidine rings is 2. The minimum Gasteiger partial charge on any atom is -0.376 e. The number of nitrogens with one attached hydrogen (secondary N) is 2. The maximum atomic E-state index is 6.67. The van der Waals surface area contributed by atoms with Crippen LogP contribution in [0, 0.1) is 17.8 Å². The monoisotopic (exact) mass is 930 g/mol. The summed E-state index contributed by atoms with van der Waals surface area (Å²) in [5, 5.41) is 16.6. The standard InChI is InChI=1S/C23H30ClN7O.C22H27Cl2N7O/c1-4-5-16-17(24)15(6-9-26-16)18-19-21(30-29-18)28-22(13(2)27-19)31-10-7-23(8-11-31)12-32-14(3)20(23)25;1-3-4-14-15(23)13(5-8-26-14)16-17-20(30-29-16)28-21(19(24)27-17)31-9-6-22(7-10-31)11-32-12(2)18(22)25/h6,9,14,20H,4-5,7-8,10-12,25H2,1-3H3,(H,28,29,30);5,8,12,18H,3-4,6-7,9-11,25H2,1-2H3,(H,28,29,30)/t14-,20+;12-,18+/m00/s1. The fraction of sp³-hybridized carbons (Fsp3) is 0.556. The van der Waals surface area contributed by atoms with Gasteiger partial charge in [0.15, 0.2) is 16.8 Å². The van der Waals surface area contributed by atoms with Gasteiger partial charge in [-0.05, 0) is 71.4 Å². The first-order chi connectivity index (χ1) is 30.9. The Balaban J connectivity index is 0.000000162. The number of pyridine rings is 2. The van der Waals surface area contributed by atoms with Crippen LogP contribution in [0.1, 0.15) is 83.3 Å². The van der Waals surface area contributed by atoms with E-state index in [0.29, 0.717) is 43.5 Å².